The van der Waals surface area contributed by atoms with Crippen molar-refractivity contribution < 1.29 is 80.2 Å². The summed E-state index contributed by atoms with van der Waals surface area (Å²) in [6.45, 7) is 9.59. The van der Waals surface area contributed by atoms with E-state index in [1.54, 1.807) is 0 Å². The molecule has 0 spiro atoms. The molecule has 0 rings (SSSR count). The summed E-state index contributed by atoms with van der Waals surface area (Å²) in [6, 6.07) is 0. The summed E-state index contributed by atoms with van der Waals surface area (Å²) in [4.78, 5) is 73.0. The van der Waals surface area contributed by atoms with Crippen LogP contribution in [0.25, 0.3) is 0 Å². The normalized spacial score (nSPS) is 14.2. The summed E-state index contributed by atoms with van der Waals surface area (Å²) in [5.41, 5.74) is 0. The molecule has 0 aliphatic rings. The largest absolute Gasteiger partial charge is 0.472 e. The molecule has 6 atom stereocenters. The van der Waals surface area contributed by atoms with Crippen LogP contribution in [-0.4, -0.2) is 96.7 Å². The Morgan fingerprint density at radius 2 is 0.515 bits per heavy atom. The first kappa shape index (κ1) is 97.1. The third-order valence-electron chi connectivity index (χ3n) is 19.1. The molecule has 0 aliphatic carbocycles. The second-order valence-corrected chi connectivity index (χ2v) is 32.4. The zero-order valence-corrected chi connectivity index (χ0v) is 66.6. The minimum Gasteiger partial charge on any atom is -0.462 e. The highest BCUT2D eigenvalue weighted by atomic mass is 31.2. The van der Waals surface area contributed by atoms with E-state index in [4.69, 9.17) is 37.0 Å². The van der Waals surface area contributed by atoms with Gasteiger partial charge in [0.15, 0.2) is 12.2 Å². The molecule has 0 bridgehead atoms. The summed E-state index contributed by atoms with van der Waals surface area (Å²) in [5.74, 6) is -0.615. The van der Waals surface area contributed by atoms with Gasteiger partial charge in [-0.1, -0.05) is 369 Å². The first-order valence-electron chi connectivity index (χ1n) is 41.5. The van der Waals surface area contributed by atoms with Crippen LogP contribution in [-0.2, 0) is 65.4 Å². The molecule has 0 heterocycles. The number of phosphoric acid groups is 2. The van der Waals surface area contributed by atoms with Crippen molar-refractivity contribution in [3.05, 3.63) is 0 Å². The highest BCUT2D eigenvalue weighted by molar-refractivity contribution is 7.47. The van der Waals surface area contributed by atoms with Gasteiger partial charge >= 0.3 is 39.5 Å². The molecule has 19 heteroatoms. The number of carbonyl (C=O) groups excluding carboxylic acids is 4. The van der Waals surface area contributed by atoms with Crippen molar-refractivity contribution in [1.29, 1.82) is 0 Å². The number of aliphatic hydroxyl groups is 1. The van der Waals surface area contributed by atoms with Crippen molar-refractivity contribution in [3.8, 4) is 0 Å². The van der Waals surface area contributed by atoms with E-state index in [1.165, 1.54) is 231 Å². The lowest BCUT2D eigenvalue weighted by atomic mass is 10.00. The Morgan fingerprint density at radius 3 is 0.768 bits per heavy atom. The maximum absolute atomic E-state index is 13.1. The van der Waals surface area contributed by atoms with Crippen LogP contribution in [0.2, 0.25) is 0 Å². The average Bonchev–Trinajstić information content (AvgIpc) is 1.03. The van der Waals surface area contributed by atoms with Gasteiger partial charge in [0.25, 0.3) is 0 Å². The molecule has 0 amide bonds. The first-order chi connectivity index (χ1) is 47.9. The fourth-order valence-corrected chi connectivity index (χ4v) is 13.9. The number of ether oxygens (including phenoxy) is 4. The zero-order valence-electron chi connectivity index (χ0n) is 64.8. The van der Waals surface area contributed by atoms with Crippen LogP contribution in [0.5, 0.6) is 0 Å². The lowest BCUT2D eigenvalue weighted by Gasteiger charge is -2.21. The minimum absolute atomic E-state index is 0.106. The molecule has 0 aromatic heterocycles. The van der Waals surface area contributed by atoms with Gasteiger partial charge in [0.2, 0.25) is 0 Å². The molecule has 0 aromatic carbocycles. The standard InChI is InChI=1S/C80H156O17P2/c1-7-10-12-14-16-18-20-22-24-26-27-28-30-32-36-40-44-52-58-64-79(84)96-75(68-90-77(82)62-56-50-43-39-35-31-29-25-23-21-19-17-15-13-11-8-2)70-94-98(86,87)92-66-74(81)67-93-99(88,89)95-71-76(69-91-78(83)63-57-51-47-46-49-55-61-73(6)9-3)97-80(85)65-59-53-45-41-37-33-34-38-42-48-54-60-72(4)5/h72-76,81H,7-71H2,1-6H3,(H,86,87)(H,88,89)/t73?,74-,75-,76-/m1/s1. The third kappa shape index (κ3) is 72.8. The van der Waals surface area contributed by atoms with Gasteiger partial charge in [-0.3, -0.25) is 37.3 Å². The molecule has 99 heavy (non-hydrogen) atoms. The Labute approximate surface area is 607 Å². The monoisotopic (exact) mass is 1450 g/mol. The number of carbonyl (C=O) groups is 4. The molecule has 0 fully saturated rings. The van der Waals surface area contributed by atoms with E-state index < -0.39 is 97.5 Å². The molecule has 0 saturated heterocycles. The molecule has 3 N–H and O–H groups in total. The molecule has 0 aromatic rings. The van der Waals surface area contributed by atoms with Crippen molar-refractivity contribution in [1.82, 2.24) is 0 Å². The second-order valence-electron chi connectivity index (χ2n) is 29.5. The maximum Gasteiger partial charge on any atom is 0.472 e. The first-order valence-corrected chi connectivity index (χ1v) is 44.5. The zero-order chi connectivity index (χ0) is 72.8. The van der Waals surface area contributed by atoms with Gasteiger partial charge in [-0.05, 0) is 37.5 Å². The molecule has 3 unspecified atom stereocenters. The van der Waals surface area contributed by atoms with Gasteiger partial charge in [-0.25, -0.2) is 9.13 Å². The number of esters is 4. The fourth-order valence-electron chi connectivity index (χ4n) is 12.3. The predicted octanol–water partition coefficient (Wildman–Crippen LogP) is 23.9. The summed E-state index contributed by atoms with van der Waals surface area (Å²) < 4.78 is 68.7. The molecular weight excluding hydrogens is 1290 g/mol. The van der Waals surface area contributed by atoms with Gasteiger partial charge in [0.05, 0.1) is 26.4 Å². The quantitative estimate of drug-likeness (QED) is 0.0222. The van der Waals surface area contributed by atoms with Crippen molar-refractivity contribution in [2.75, 3.05) is 39.6 Å². The van der Waals surface area contributed by atoms with Crippen LogP contribution >= 0.6 is 15.6 Å². The van der Waals surface area contributed by atoms with E-state index in [9.17, 15) is 43.2 Å². The Balaban J connectivity index is 5.24. The van der Waals surface area contributed by atoms with Crippen molar-refractivity contribution in [2.45, 2.75) is 439 Å². The van der Waals surface area contributed by atoms with Crippen LogP contribution in [0.15, 0.2) is 0 Å². The number of aliphatic hydroxyl groups excluding tert-OH is 1. The second kappa shape index (κ2) is 71.7. The summed E-state index contributed by atoms with van der Waals surface area (Å²) >= 11 is 0. The molecule has 0 saturated carbocycles. The highest BCUT2D eigenvalue weighted by Crippen LogP contribution is 2.45. The topological polar surface area (TPSA) is 237 Å². The number of unbranched alkanes of at least 4 members (excludes halogenated alkanes) is 48. The van der Waals surface area contributed by atoms with E-state index in [2.05, 4.69) is 41.5 Å². The molecule has 0 radical (unpaired) electrons. The Hall–Kier alpha value is -1.94. The lowest BCUT2D eigenvalue weighted by Crippen LogP contribution is -2.30. The molecule has 17 nitrogen and oxygen atoms in total. The number of hydrogen-bond acceptors (Lipinski definition) is 15. The van der Waals surface area contributed by atoms with Crippen molar-refractivity contribution >= 4 is 39.5 Å². The van der Waals surface area contributed by atoms with E-state index in [-0.39, 0.29) is 25.7 Å². The van der Waals surface area contributed by atoms with Gasteiger partial charge in [-0.15, -0.1) is 0 Å². The molecule has 0 aliphatic heterocycles. The van der Waals surface area contributed by atoms with Crippen molar-refractivity contribution in [2.24, 2.45) is 11.8 Å². The van der Waals surface area contributed by atoms with Crippen LogP contribution in [0.4, 0.5) is 0 Å². The van der Waals surface area contributed by atoms with E-state index in [1.807, 2.05) is 0 Å². The minimum atomic E-state index is -4.96. The third-order valence-corrected chi connectivity index (χ3v) is 21.0. The fraction of sp³-hybridized carbons (Fsp3) is 0.950. The smallest absolute Gasteiger partial charge is 0.462 e. The van der Waals surface area contributed by atoms with Crippen LogP contribution < -0.4 is 0 Å². The molecule has 588 valence electrons. The predicted molar refractivity (Wildman–Crippen MR) is 405 cm³/mol. The number of hydrogen-bond donors (Lipinski definition) is 3. The van der Waals surface area contributed by atoms with Crippen LogP contribution in [0.1, 0.15) is 420 Å². The van der Waals surface area contributed by atoms with E-state index in [0.717, 1.165) is 108 Å². The Morgan fingerprint density at radius 1 is 0.293 bits per heavy atom. The summed E-state index contributed by atoms with van der Waals surface area (Å²) in [6.07, 6.45) is 61.1. The Kier molecular flexibility index (Phi) is 70.3. The summed E-state index contributed by atoms with van der Waals surface area (Å²) in [7, 11) is -9.92. The van der Waals surface area contributed by atoms with Gasteiger partial charge in [0, 0.05) is 25.7 Å². The maximum atomic E-state index is 13.1. The average molecular weight is 1450 g/mol. The van der Waals surface area contributed by atoms with Gasteiger partial charge in [0.1, 0.15) is 19.3 Å². The Bertz CT molecular complexity index is 1910. The number of rotatable bonds is 79. The lowest BCUT2D eigenvalue weighted by molar-refractivity contribution is -0.161. The highest BCUT2D eigenvalue weighted by Gasteiger charge is 2.30. The van der Waals surface area contributed by atoms with Crippen molar-refractivity contribution in [3.63, 3.8) is 0 Å². The van der Waals surface area contributed by atoms with Gasteiger partial charge < -0.3 is 33.8 Å². The van der Waals surface area contributed by atoms with E-state index in [0.29, 0.717) is 25.7 Å². The molecular formula is C80H156O17P2. The number of phosphoric ester groups is 2. The van der Waals surface area contributed by atoms with Gasteiger partial charge in [-0.2, -0.15) is 0 Å². The van der Waals surface area contributed by atoms with Crippen LogP contribution in [0, 0.1) is 11.8 Å². The summed E-state index contributed by atoms with van der Waals surface area (Å²) in [5, 5.41) is 10.6. The van der Waals surface area contributed by atoms with Crippen LogP contribution in [0.3, 0.4) is 0 Å². The van der Waals surface area contributed by atoms with E-state index >= 15 is 0 Å². The SMILES string of the molecule is CCCCCCCCCCCCCCCCCCCCCC(=O)O[C@H](COC(=O)CCCCCCCCCCCCCCCCCC)COP(=O)(O)OC[C@@H](O)COP(=O)(O)OC[C@@H](COC(=O)CCCCCCCCC(C)CC)OC(=O)CCCCCCCCCCCCCC(C)C.